The Morgan fingerprint density at radius 3 is 2.48 bits per heavy atom. The van der Waals surface area contributed by atoms with Gasteiger partial charge in [0.25, 0.3) is 5.69 Å². The van der Waals surface area contributed by atoms with Crippen LogP contribution in [0.3, 0.4) is 0 Å². The van der Waals surface area contributed by atoms with E-state index in [-0.39, 0.29) is 28.4 Å². The van der Waals surface area contributed by atoms with Crippen molar-refractivity contribution in [2.75, 3.05) is 0 Å². The smallest absolute Gasteiger partial charge is 0.269 e. The molecule has 0 amide bonds. The van der Waals surface area contributed by atoms with Crippen molar-refractivity contribution in [3.05, 3.63) is 57.2 Å². The maximum Gasteiger partial charge on any atom is 0.269 e. The quantitative estimate of drug-likeness (QED) is 0.297. The van der Waals surface area contributed by atoms with Gasteiger partial charge in [0.05, 0.1) is 11.0 Å². The standard InChI is InChI=1S/C26H31NO4/c1-25-11-9-20(28)15-18(25)5-8-21-22(25)10-12-26(2)23(21)14-17(24(26)29)13-16-3-6-19(7-4-16)27(30)31/h3-7,13,20-23,28H,8-12,14-15H2,1-2H3/b17-13+/t20-,21-,22+,23+,25-,26-/m0/s1. The van der Waals surface area contributed by atoms with Crippen LogP contribution in [0.4, 0.5) is 5.69 Å². The molecule has 3 saturated carbocycles. The largest absolute Gasteiger partial charge is 0.393 e. The third-order valence-electron chi connectivity index (χ3n) is 9.16. The molecule has 1 aromatic carbocycles. The molecule has 0 spiro atoms. The first kappa shape index (κ1) is 20.6. The zero-order chi connectivity index (χ0) is 22.0. The molecular formula is C26H31NO4. The van der Waals surface area contributed by atoms with Crippen molar-refractivity contribution in [1.82, 2.24) is 0 Å². The van der Waals surface area contributed by atoms with Crippen molar-refractivity contribution in [1.29, 1.82) is 0 Å². The number of hydrogen-bond acceptors (Lipinski definition) is 4. The molecule has 0 bridgehead atoms. The van der Waals surface area contributed by atoms with Crippen LogP contribution in [0.1, 0.15) is 64.4 Å². The first-order valence-electron chi connectivity index (χ1n) is 11.6. The highest BCUT2D eigenvalue weighted by atomic mass is 16.6. The van der Waals surface area contributed by atoms with E-state index in [1.165, 1.54) is 17.7 Å². The van der Waals surface area contributed by atoms with Crippen LogP contribution in [0.25, 0.3) is 6.08 Å². The molecule has 5 heteroatoms. The van der Waals surface area contributed by atoms with Gasteiger partial charge in [0, 0.05) is 17.5 Å². The lowest BCUT2D eigenvalue weighted by Crippen LogP contribution is -2.50. The molecule has 164 valence electrons. The number of Topliss-reactive ketones (excluding diaryl/α,β-unsaturated/α-hetero) is 1. The average Bonchev–Trinajstić information content (AvgIpc) is 2.99. The van der Waals surface area contributed by atoms with Crippen molar-refractivity contribution >= 4 is 17.5 Å². The van der Waals surface area contributed by atoms with Crippen molar-refractivity contribution in [2.24, 2.45) is 28.6 Å². The van der Waals surface area contributed by atoms with Crippen molar-refractivity contribution < 1.29 is 14.8 Å². The lowest BCUT2D eigenvalue weighted by molar-refractivity contribution is -0.384. The molecule has 5 nitrogen and oxygen atoms in total. The summed E-state index contributed by atoms with van der Waals surface area (Å²) in [4.78, 5) is 24.0. The van der Waals surface area contributed by atoms with Crippen LogP contribution in [0.2, 0.25) is 0 Å². The predicted molar refractivity (Wildman–Crippen MR) is 119 cm³/mol. The minimum atomic E-state index is -0.400. The third-order valence-corrected chi connectivity index (χ3v) is 9.16. The molecule has 0 aliphatic heterocycles. The summed E-state index contributed by atoms with van der Waals surface area (Å²) in [5.74, 6) is 1.72. The van der Waals surface area contributed by atoms with Gasteiger partial charge >= 0.3 is 0 Å². The van der Waals surface area contributed by atoms with Gasteiger partial charge in [-0.2, -0.15) is 0 Å². The lowest BCUT2D eigenvalue weighted by atomic mass is 9.48. The number of hydrogen-bond donors (Lipinski definition) is 1. The van der Waals surface area contributed by atoms with E-state index in [9.17, 15) is 20.0 Å². The van der Waals surface area contributed by atoms with E-state index >= 15 is 0 Å². The minimum absolute atomic E-state index is 0.0685. The van der Waals surface area contributed by atoms with Gasteiger partial charge in [0.2, 0.25) is 0 Å². The van der Waals surface area contributed by atoms with Crippen LogP contribution in [-0.2, 0) is 4.79 Å². The molecule has 4 aliphatic rings. The molecule has 6 atom stereocenters. The second kappa shape index (κ2) is 7.13. The minimum Gasteiger partial charge on any atom is -0.393 e. The van der Waals surface area contributed by atoms with E-state index in [0.717, 1.165) is 56.1 Å². The van der Waals surface area contributed by atoms with E-state index in [0.29, 0.717) is 17.8 Å². The Balaban J connectivity index is 1.44. The van der Waals surface area contributed by atoms with Gasteiger partial charge in [-0.25, -0.2) is 0 Å². The molecule has 31 heavy (non-hydrogen) atoms. The topological polar surface area (TPSA) is 80.4 Å². The summed E-state index contributed by atoms with van der Waals surface area (Å²) >= 11 is 0. The monoisotopic (exact) mass is 421 g/mol. The number of carbonyl (C=O) groups is 1. The van der Waals surface area contributed by atoms with Gasteiger partial charge in [0.15, 0.2) is 5.78 Å². The Hall–Kier alpha value is -2.27. The number of nitrogens with zero attached hydrogens (tertiary/aromatic N) is 1. The predicted octanol–water partition coefficient (Wildman–Crippen LogP) is 5.48. The van der Waals surface area contributed by atoms with E-state index < -0.39 is 4.92 Å². The summed E-state index contributed by atoms with van der Waals surface area (Å²) in [6.07, 6.45) is 10.7. The Labute approximate surface area is 183 Å². The van der Waals surface area contributed by atoms with E-state index in [2.05, 4.69) is 19.9 Å². The van der Waals surface area contributed by atoms with Crippen LogP contribution >= 0.6 is 0 Å². The van der Waals surface area contributed by atoms with E-state index in [1.807, 2.05) is 6.08 Å². The van der Waals surface area contributed by atoms with Gasteiger partial charge in [-0.1, -0.05) is 25.5 Å². The van der Waals surface area contributed by atoms with Crippen molar-refractivity contribution in [2.45, 2.75) is 64.9 Å². The Kier molecular flexibility index (Phi) is 4.74. The summed E-state index contributed by atoms with van der Waals surface area (Å²) in [5, 5.41) is 21.1. The van der Waals surface area contributed by atoms with E-state index in [1.54, 1.807) is 12.1 Å². The molecule has 1 N–H and O–H groups in total. The number of nitro benzene ring substituents is 1. The number of nitro groups is 1. The number of fused-ring (bicyclic) bond motifs is 5. The Bertz CT molecular complexity index is 993. The number of aliphatic hydroxyl groups is 1. The van der Waals surface area contributed by atoms with Crippen molar-refractivity contribution in [3.63, 3.8) is 0 Å². The molecule has 0 heterocycles. The molecule has 0 saturated heterocycles. The van der Waals surface area contributed by atoms with Crippen molar-refractivity contribution in [3.8, 4) is 0 Å². The first-order valence-corrected chi connectivity index (χ1v) is 11.6. The van der Waals surface area contributed by atoms with Gasteiger partial charge in [-0.3, -0.25) is 14.9 Å². The SMILES string of the molecule is C[C@]12CC[C@H](O)CC1=CC[C@H]1[C@H]2CC[C@]2(C)C(=O)/C(=C/c3ccc([N+](=O)[O-])cc3)C[C@H]12. The van der Waals surface area contributed by atoms with Crippen LogP contribution in [-0.4, -0.2) is 21.9 Å². The molecule has 5 rings (SSSR count). The highest BCUT2D eigenvalue weighted by molar-refractivity contribution is 6.06. The molecule has 0 aromatic heterocycles. The summed E-state index contributed by atoms with van der Waals surface area (Å²) < 4.78 is 0. The number of non-ortho nitro benzene ring substituents is 1. The number of ketones is 1. The molecule has 0 unspecified atom stereocenters. The van der Waals surface area contributed by atoms with Gasteiger partial charge in [-0.05, 0) is 97.5 Å². The van der Waals surface area contributed by atoms with Gasteiger partial charge < -0.3 is 5.11 Å². The van der Waals surface area contributed by atoms with Crippen LogP contribution in [0.5, 0.6) is 0 Å². The zero-order valence-corrected chi connectivity index (χ0v) is 18.3. The highest BCUT2D eigenvalue weighted by Gasteiger charge is 2.59. The number of aliphatic hydroxyl groups excluding tert-OH is 1. The van der Waals surface area contributed by atoms with E-state index in [4.69, 9.17) is 0 Å². The Morgan fingerprint density at radius 2 is 1.77 bits per heavy atom. The normalized spacial score (nSPS) is 40.7. The average molecular weight is 422 g/mol. The maximum absolute atomic E-state index is 13.5. The highest BCUT2D eigenvalue weighted by Crippen LogP contribution is 2.64. The fraction of sp³-hybridized carbons (Fsp3) is 0.577. The second-order valence-corrected chi connectivity index (χ2v) is 10.7. The van der Waals surface area contributed by atoms with Crippen LogP contribution in [0.15, 0.2) is 41.5 Å². The Morgan fingerprint density at radius 1 is 1.06 bits per heavy atom. The second-order valence-electron chi connectivity index (χ2n) is 10.7. The van der Waals surface area contributed by atoms with Gasteiger partial charge in [0.1, 0.15) is 0 Å². The molecule has 4 aliphatic carbocycles. The number of rotatable bonds is 2. The number of carbonyl (C=O) groups excluding carboxylic acids is 1. The lowest BCUT2D eigenvalue weighted by Gasteiger charge is -2.56. The number of allylic oxidation sites excluding steroid dienone is 2. The zero-order valence-electron chi connectivity index (χ0n) is 18.3. The fourth-order valence-electron chi connectivity index (χ4n) is 7.33. The third kappa shape index (κ3) is 3.12. The molecule has 3 fully saturated rings. The van der Waals surface area contributed by atoms with Gasteiger partial charge in [-0.15, -0.1) is 0 Å². The summed E-state index contributed by atoms with van der Waals surface area (Å²) in [5.41, 5.74) is 3.11. The molecule has 0 radical (unpaired) electrons. The first-order chi connectivity index (χ1) is 14.7. The maximum atomic E-state index is 13.5. The summed E-state index contributed by atoms with van der Waals surface area (Å²) in [7, 11) is 0. The van der Waals surface area contributed by atoms with Crippen LogP contribution in [0, 0.1) is 38.7 Å². The summed E-state index contributed by atoms with van der Waals surface area (Å²) in [6, 6.07) is 6.47. The molecular weight excluding hydrogens is 390 g/mol. The summed E-state index contributed by atoms with van der Waals surface area (Å²) in [6.45, 7) is 4.56. The fourth-order valence-corrected chi connectivity index (χ4v) is 7.33. The van der Waals surface area contributed by atoms with Crippen LogP contribution < -0.4 is 0 Å². The molecule has 1 aromatic rings. The number of benzene rings is 1.